The van der Waals surface area contributed by atoms with Gasteiger partial charge in [0.1, 0.15) is 10.7 Å². The summed E-state index contributed by atoms with van der Waals surface area (Å²) in [6.45, 7) is 3.34. The minimum atomic E-state index is -0.294. The molecule has 2 rings (SSSR count). The number of hydrogen-bond donors (Lipinski definition) is 3. The van der Waals surface area contributed by atoms with Crippen LogP contribution in [0.4, 0.5) is 5.00 Å². The molecule has 0 aliphatic rings. The molecule has 2 aromatic heterocycles. The first-order valence-electron chi connectivity index (χ1n) is 5.12. The first kappa shape index (κ1) is 12.5. The number of rotatable bonds is 3. The number of nitrogens with zero attached hydrogens (tertiary/aromatic N) is 3. The van der Waals surface area contributed by atoms with Gasteiger partial charge in [0.2, 0.25) is 0 Å². The molecule has 0 aromatic carbocycles. The van der Waals surface area contributed by atoms with Gasteiger partial charge in [-0.05, 0) is 13.8 Å². The van der Waals surface area contributed by atoms with Crippen molar-refractivity contribution in [3.05, 3.63) is 37.5 Å². The lowest BCUT2D eigenvalue weighted by Gasteiger charge is -2.07. The number of hydrazine groups is 1. The van der Waals surface area contributed by atoms with Crippen molar-refractivity contribution in [1.82, 2.24) is 19.4 Å². The second-order valence-corrected chi connectivity index (χ2v) is 4.53. The Morgan fingerprint density at radius 1 is 1.39 bits per heavy atom. The van der Waals surface area contributed by atoms with Crippen molar-refractivity contribution in [2.24, 2.45) is 5.84 Å². The zero-order valence-corrected chi connectivity index (χ0v) is 10.7. The Bertz CT molecular complexity index is 685. The van der Waals surface area contributed by atoms with E-state index in [9.17, 15) is 9.59 Å². The molecule has 0 saturated carbocycles. The highest BCUT2D eigenvalue weighted by atomic mass is 32.1. The summed E-state index contributed by atoms with van der Waals surface area (Å²) in [6, 6.07) is 0. The van der Waals surface area contributed by atoms with E-state index >= 15 is 0 Å². The average Bonchev–Trinajstić information content (AvgIpc) is 2.80. The lowest BCUT2D eigenvalue weighted by molar-refractivity contribution is 0.608. The highest BCUT2D eigenvalue weighted by Crippen LogP contribution is 2.15. The number of H-pyrrole nitrogens is 1. The Kier molecular flexibility index (Phi) is 3.26. The van der Waals surface area contributed by atoms with Crippen molar-refractivity contribution in [2.45, 2.75) is 20.4 Å². The van der Waals surface area contributed by atoms with Gasteiger partial charge in [0.25, 0.3) is 11.1 Å². The molecule has 0 atom stereocenters. The van der Waals surface area contributed by atoms with Gasteiger partial charge in [-0.2, -0.15) is 0 Å². The maximum absolute atomic E-state index is 12.0. The summed E-state index contributed by atoms with van der Waals surface area (Å²) in [7, 11) is 0. The van der Waals surface area contributed by atoms with E-state index in [1.165, 1.54) is 4.68 Å². The lowest BCUT2D eigenvalue weighted by atomic mass is 10.2. The van der Waals surface area contributed by atoms with Gasteiger partial charge < -0.3 is 5.43 Å². The van der Waals surface area contributed by atoms with E-state index in [-0.39, 0.29) is 17.7 Å². The average molecular weight is 268 g/mol. The molecule has 4 N–H and O–H groups in total. The maximum atomic E-state index is 12.0. The Hall–Kier alpha value is -2.00. The van der Waals surface area contributed by atoms with Gasteiger partial charge in [0.05, 0.1) is 6.54 Å². The lowest BCUT2D eigenvalue weighted by Crippen LogP contribution is -2.33. The molecule has 0 bridgehead atoms. The molecule has 0 aliphatic carbocycles. The van der Waals surface area contributed by atoms with E-state index in [1.807, 2.05) is 0 Å². The van der Waals surface area contributed by atoms with Crippen LogP contribution in [0.1, 0.15) is 16.8 Å². The molecule has 0 saturated heterocycles. The van der Waals surface area contributed by atoms with Gasteiger partial charge >= 0.3 is 0 Å². The minimum Gasteiger partial charge on any atom is -0.313 e. The number of nitrogen functional groups attached to an aromatic ring is 1. The molecule has 18 heavy (non-hydrogen) atoms. The summed E-state index contributed by atoms with van der Waals surface area (Å²) >= 11 is 1.08. The van der Waals surface area contributed by atoms with Gasteiger partial charge in [0.15, 0.2) is 0 Å². The van der Waals surface area contributed by atoms with E-state index in [2.05, 4.69) is 20.1 Å². The van der Waals surface area contributed by atoms with E-state index in [0.29, 0.717) is 21.8 Å². The highest BCUT2D eigenvalue weighted by molar-refractivity contribution is 7.10. The second kappa shape index (κ2) is 4.70. The molecule has 96 valence electrons. The van der Waals surface area contributed by atoms with E-state index in [0.717, 1.165) is 11.5 Å². The molecule has 0 amide bonds. The maximum Gasteiger partial charge on any atom is 0.268 e. The molecular formula is C9H12N6O2S. The van der Waals surface area contributed by atoms with Crippen LogP contribution in [0.5, 0.6) is 0 Å². The van der Waals surface area contributed by atoms with E-state index in [4.69, 9.17) is 5.84 Å². The highest BCUT2D eigenvalue weighted by Gasteiger charge is 2.11. The van der Waals surface area contributed by atoms with Crippen LogP contribution in [0.25, 0.3) is 0 Å². The number of hydrogen-bond acceptors (Lipinski definition) is 7. The molecule has 0 radical (unpaired) electrons. The smallest absolute Gasteiger partial charge is 0.268 e. The fraction of sp³-hybridized carbons (Fsp3) is 0.333. The molecule has 0 fully saturated rings. The van der Waals surface area contributed by atoms with Crippen molar-refractivity contribution in [2.75, 3.05) is 5.43 Å². The number of aromatic amines is 1. The van der Waals surface area contributed by atoms with Gasteiger partial charge in [-0.1, -0.05) is 4.49 Å². The third-order valence-corrected chi connectivity index (χ3v) is 3.40. The normalized spacial score (nSPS) is 10.6. The SMILES string of the molecule is Cc1c(C)c(=O)n(Cc2nnsc2NN)[nH]c1=O. The molecule has 0 spiro atoms. The molecule has 2 heterocycles. The first-order valence-corrected chi connectivity index (χ1v) is 5.90. The van der Waals surface area contributed by atoms with Crippen LogP contribution in [-0.4, -0.2) is 19.4 Å². The zero-order chi connectivity index (χ0) is 13.3. The summed E-state index contributed by atoms with van der Waals surface area (Å²) in [5.74, 6) is 5.29. The Balaban J connectivity index is 2.48. The number of aromatic nitrogens is 4. The Morgan fingerprint density at radius 2 is 2.11 bits per heavy atom. The van der Waals surface area contributed by atoms with Crippen molar-refractivity contribution in [3.63, 3.8) is 0 Å². The molecule has 0 aliphatic heterocycles. The van der Waals surface area contributed by atoms with Gasteiger partial charge in [-0.15, -0.1) is 5.10 Å². The summed E-state index contributed by atoms with van der Waals surface area (Å²) in [5.41, 5.74) is 3.23. The number of anilines is 1. The largest absolute Gasteiger partial charge is 0.313 e. The molecule has 9 heteroatoms. The molecule has 8 nitrogen and oxygen atoms in total. The van der Waals surface area contributed by atoms with Crippen LogP contribution in [-0.2, 0) is 6.54 Å². The molecular weight excluding hydrogens is 256 g/mol. The fourth-order valence-corrected chi connectivity index (χ4v) is 1.96. The Labute approximate surface area is 106 Å². The summed E-state index contributed by atoms with van der Waals surface area (Å²) in [5, 5.41) is 6.90. The van der Waals surface area contributed by atoms with Crippen molar-refractivity contribution >= 4 is 16.5 Å². The summed E-state index contributed by atoms with van der Waals surface area (Å²) in [4.78, 5) is 23.6. The zero-order valence-electron chi connectivity index (χ0n) is 9.85. The second-order valence-electron chi connectivity index (χ2n) is 3.78. The van der Waals surface area contributed by atoms with Crippen LogP contribution in [0.3, 0.4) is 0 Å². The van der Waals surface area contributed by atoms with Crippen LogP contribution in [0, 0.1) is 13.8 Å². The standard InChI is InChI=1S/C9H12N6O2S/c1-4-5(2)9(17)15(13-7(4)16)3-6-8(11-10)18-14-12-6/h11H,3,10H2,1-2H3,(H,13,16). The van der Waals surface area contributed by atoms with E-state index < -0.39 is 0 Å². The summed E-state index contributed by atoms with van der Waals surface area (Å²) < 4.78 is 4.92. The van der Waals surface area contributed by atoms with Gasteiger partial charge in [-0.25, -0.2) is 10.5 Å². The predicted octanol–water partition coefficient (Wildman–Crippen LogP) is -0.661. The van der Waals surface area contributed by atoms with Crippen molar-refractivity contribution in [1.29, 1.82) is 0 Å². The summed E-state index contributed by atoms with van der Waals surface area (Å²) in [6.07, 6.45) is 0. The van der Waals surface area contributed by atoms with Crippen LogP contribution >= 0.6 is 11.5 Å². The van der Waals surface area contributed by atoms with Gasteiger partial charge in [0, 0.05) is 22.7 Å². The first-order chi connectivity index (χ1) is 8.54. The van der Waals surface area contributed by atoms with E-state index in [1.54, 1.807) is 13.8 Å². The predicted molar refractivity (Wildman–Crippen MR) is 67.6 cm³/mol. The van der Waals surface area contributed by atoms with Crippen molar-refractivity contribution in [3.8, 4) is 0 Å². The number of nitrogens with one attached hydrogen (secondary N) is 2. The monoisotopic (exact) mass is 268 g/mol. The Morgan fingerprint density at radius 3 is 2.78 bits per heavy atom. The molecule has 0 unspecified atom stereocenters. The third kappa shape index (κ3) is 2.05. The fourth-order valence-electron chi connectivity index (χ4n) is 1.47. The van der Waals surface area contributed by atoms with Crippen molar-refractivity contribution < 1.29 is 0 Å². The van der Waals surface area contributed by atoms with Crippen LogP contribution in [0.15, 0.2) is 9.59 Å². The quantitative estimate of drug-likeness (QED) is 0.502. The number of nitrogens with two attached hydrogens (primary N) is 1. The minimum absolute atomic E-state index is 0.116. The third-order valence-electron chi connectivity index (χ3n) is 2.70. The molecule has 2 aromatic rings. The van der Waals surface area contributed by atoms with Crippen LogP contribution < -0.4 is 22.4 Å². The van der Waals surface area contributed by atoms with Gasteiger partial charge in [-0.3, -0.25) is 14.7 Å². The van der Waals surface area contributed by atoms with Crippen LogP contribution in [0.2, 0.25) is 0 Å². The topological polar surface area (TPSA) is 119 Å².